The molecule has 0 saturated carbocycles. The van der Waals surface area contributed by atoms with Gasteiger partial charge in [-0.2, -0.15) is 0 Å². The van der Waals surface area contributed by atoms with Crippen LogP contribution in [0, 0.1) is 0 Å². The Morgan fingerprint density at radius 2 is 2.20 bits per heavy atom. The van der Waals surface area contributed by atoms with Gasteiger partial charge in [0.05, 0.1) is 12.3 Å². The summed E-state index contributed by atoms with van der Waals surface area (Å²) >= 11 is 0. The van der Waals surface area contributed by atoms with E-state index in [2.05, 4.69) is 0 Å². The number of aliphatic hydroxyl groups excluding tert-OH is 1. The molecular formula is C5H14NO3P. The van der Waals surface area contributed by atoms with Crippen molar-refractivity contribution in [3.63, 3.8) is 0 Å². The normalized spacial score (nSPS) is 20.0. The topological polar surface area (TPSA) is 83.5 Å². The van der Waals surface area contributed by atoms with Crippen LogP contribution >= 0.6 is 7.37 Å². The summed E-state index contributed by atoms with van der Waals surface area (Å²) in [6.45, 7) is 1.66. The Hall–Kier alpha value is 0.110. The van der Waals surface area contributed by atoms with E-state index in [1.165, 1.54) is 0 Å². The number of hydrogen-bond acceptors (Lipinski definition) is 3. The minimum atomic E-state index is -3.08. The predicted molar refractivity (Wildman–Crippen MR) is 40.3 cm³/mol. The van der Waals surface area contributed by atoms with Crippen LogP contribution in [0.2, 0.25) is 0 Å². The van der Waals surface area contributed by atoms with Gasteiger partial charge in [0, 0.05) is 12.7 Å². The van der Waals surface area contributed by atoms with E-state index in [4.69, 9.17) is 15.7 Å². The molecule has 2 atom stereocenters. The Bertz CT molecular complexity index is 139. The molecule has 4 N–H and O–H groups in total. The Morgan fingerprint density at radius 1 is 1.70 bits per heavy atom. The Labute approximate surface area is 60.5 Å². The van der Waals surface area contributed by atoms with E-state index >= 15 is 0 Å². The molecule has 10 heavy (non-hydrogen) atoms. The standard InChI is InChI=1S/C5H14NO3P/c1-2-10(8,9)4-5(7)3-6/h5,7H,2-4,6H2,1H3,(H,8,9)/t5-/m1/s1. The van der Waals surface area contributed by atoms with Crippen LogP contribution in [-0.4, -0.2) is 35.0 Å². The van der Waals surface area contributed by atoms with E-state index in [1.807, 2.05) is 0 Å². The van der Waals surface area contributed by atoms with Gasteiger partial charge in [-0.1, -0.05) is 6.92 Å². The molecule has 0 radical (unpaired) electrons. The summed E-state index contributed by atoms with van der Waals surface area (Å²) in [6, 6.07) is 0. The highest BCUT2D eigenvalue weighted by molar-refractivity contribution is 7.58. The number of rotatable bonds is 4. The monoisotopic (exact) mass is 167 g/mol. The van der Waals surface area contributed by atoms with Gasteiger partial charge in [-0.25, -0.2) is 0 Å². The van der Waals surface area contributed by atoms with Gasteiger partial charge < -0.3 is 15.7 Å². The van der Waals surface area contributed by atoms with Gasteiger partial charge in [0.15, 0.2) is 0 Å². The Balaban J connectivity index is 3.77. The highest BCUT2D eigenvalue weighted by Crippen LogP contribution is 2.39. The highest BCUT2D eigenvalue weighted by Gasteiger charge is 2.18. The summed E-state index contributed by atoms with van der Waals surface area (Å²) < 4.78 is 10.9. The maximum absolute atomic E-state index is 10.9. The van der Waals surface area contributed by atoms with Gasteiger partial charge in [-0.3, -0.25) is 4.57 Å². The SMILES string of the molecule is CCP(=O)(O)C[C@H](O)CN. The first-order chi connectivity index (χ1) is 4.52. The summed E-state index contributed by atoms with van der Waals surface area (Å²) in [4.78, 5) is 8.96. The molecule has 0 aliphatic rings. The minimum Gasteiger partial charge on any atom is -0.391 e. The molecule has 5 heteroatoms. The summed E-state index contributed by atoms with van der Waals surface area (Å²) in [5, 5.41) is 8.87. The van der Waals surface area contributed by atoms with Gasteiger partial charge in [-0.05, 0) is 0 Å². The van der Waals surface area contributed by atoms with Crippen LogP contribution < -0.4 is 5.73 Å². The molecular weight excluding hydrogens is 153 g/mol. The summed E-state index contributed by atoms with van der Waals surface area (Å²) in [6.07, 6.45) is -0.722. The van der Waals surface area contributed by atoms with Crippen molar-refractivity contribution in [1.29, 1.82) is 0 Å². The zero-order valence-corrected chi connectivity index (χ0v) is 6.92. The zero-order chi connectivity index (χ0) is 8.20. The maximum atomic E-state index is 10.9. The quantitative estimate of drug-likeness (QED) is 0.497. The first kappa shape index (κ1) is 10.1. The molecule has 0 aromatic carbocycles. The van der Waals surface area contributed by atoms with Crippen molar-refractivity contribution < 1.29 is 14.6 Å². The van der Waals surface area contributed by atoms with Gasteiger partial charge in [0.25, 0.3) is 0 Å². The maximum Gasteiger partial charge on any atom is 0.202 e. The van der Waals surface area contributed by atoms with Crippen molar-refractivity contribution in [3.8, 4) is 0 Å². The average Bonchev–Trinajstić information content (AvgIpc) is 1.87. The first-order valence-corrected chi connectivity index (χ1v) is 5.24. The number of nitrogens with two attached hydrogens (primary N) is 1. The molecule has 0 aromatic rings. The molecule has 0 bridgehead atoms. The van der Waals surface area contributed by atoms with E-state index in [9.17, 15) is 4.57 Å². The van der Waals surface area contributed by atoms with Gasteiger partial charge in [-0.15, -0.1) is 0 Å². The lowest BCUT2D eigenvalue weighted by molar-refractivity contribution is 0.202. The van der Waals surface area contributed by atoms with Gasteiger partial charge in [0.1, 0.15) is 0 Å². The molecule has 4 nitrogen and oxygen atoms in total. The second kappa shape index (κ2) is 4.09. The van der Waals surface area contributed by atoms with Crippen LogP contribution in [0.25, 0.3) is 0 Å². The van der Waals surface area contributed by atoms with Crippen LogP contribution in [0.4, 0.5) is 0 Å². The first-order valence-electron chi connectivity index (χ1n) is 3.21. The largest absolute Gasteiger partial charge is 0.391 e. The summed E-state index contributed by atoms with van der Waals surface area (Å²) in [5.74, 6) is 0. The van der Waals surface area contributed by atoms with Crippen molar-refractivity contribution in [2.45, 2.75) is 13.0 Å². The molecule has 0 rings (SSSR count). The second-order valence-corrected chi connectivity index (χ2v) is 4.92. The lowest BCUT2D eigenvalue weighted by Crippen LogP contribution is -2.23. The van der Waals surface area contributed by atoms with Crippen molar-refractivity contribution >= 4 is 7.37 Å². The van der Waals surface area contributed by atoms with Gasteiger partial charge in [0.2, 0.25) is 7.37 Å². The fourth-order valence-electron chi connectivity index (χ4n) is 0.533. The van der Waals surface area contributed by atoms with Crippen molar-refractivity contribution in [3.05, 3.63) is 0 Å². The predicted octanol–water partition coefficient (Wildman–Crippen LogP) is -0.404. The molecule has 0 aromatic heterocycles. The summed E-state index contributed by atoms with van der Waals surface area (Å²) in [7, 11) is -3.08. The van der Waals surface area contributed by atoms with Crippen LogP contribution in [0.5, 0.6) is 0 Å². The van der Waals surface area contributed by atoms with E-state index in [-0.39, 0.29) is 18.9 Å². The fraction of sp³-hybridized carbons (Fsp3) is 1.00. The molecule has 0 saturated heterocycles. The summed E-state index contributed by atoms with van der Waals surface area (Å²) in [5.41, 5.74) is 5.05. The third-order valence-electron chi connectivity index (χ3n) is 1.26. The zero-order valence-electron chi connectivity index (χ0n) is 6.03. The van der Waals surface area contributed by atoms with Crippen LogP contribution in [0.1, 0.15) is 6.92 Å². The number of hydrogen-bond donors (Lipinski definition) is 3. The number of aliphatic hydroxyl groups is 1. The van der Waals surface area contributed by atoms with Crippen LogP contribution in [-0.2, 0) is 4.57 Å². The molecule has 0 fully saturated rings. The second-order valence-electron chi connectivity index (χ2n) is 2.23. The molecule has 0 amide bonds. The molecule has 0 heterocycles. The lowest BCUT2D eigenvalue weighted by Gasteiger charge is -2.11. The Morgan fingerprint density at radius 3 is 2.50 bits per heavy atom. The van der Waals surface area contributed by atoms with E-state index in [1.54, 1.807) is 6.92 Å². The van der Waals surface area contributed by atoms with E-state index in [0.29, 0.717) is 0 Å². The van der Waals surface area contributed by atoms with E-state index in [0.717, 1.165) is 0 Å². The average molecular weight is 167 g/mol. The minimum absolute atomic E-state index is 0.0462. The lowest BCUT2D eigenvalue weighted by atomic mass is 10.4. The molecule has 0 spiro atoms. The highest BCUT2D eigenvalue weighted by atomic mass is 31.2. The van der Waals surface area contributed by atoms with E-state index < -0.39 is 13.5 Å². The van der Waals surface area contributed by atoms with Gasteiger partial charge >= 0.3 is 0 Å². The van der Waals surface area contributed by atoms with Crippen LogP contribution in [0.3, 0.4) is 0 Å². The third kappa shape index (κ3) is 4.01. The van der Waals surface area contributed by atoms with Crippen molar-refractivity contribution in [2.24, 2.45) is 5.73 Å². The third-order valence-corrected chi connectivity index (χ3v) is 3.24. The molecule has 0 aliphatic carbocycles. The fourth-order valence-corrected chi connectivity index (χ4v) is 1.60. The van der Waals surface area contributed by atoms with Crippen LogP contribution in [0.15, 0.2) is 0 Å². The smallest absolute Gasteiger partial charge is 0.202 e. The molecule has 1 unspecified atom stereocenters. The molecule has 62 valence electrons. The Kier molecular flexibility index (Phi) is 4.13. The molecule has 0 aliphatic heterocycles. The van der Waals surface area contributed by atoms with Crippen molar-refractivity contribution in [1.82, 2.24) is 0 Å². The van der Waals surface area contributed by atoms with Crippen molar-refractivity contribution in [2.75, 3.05) is 18.9 Å².